The van der Waals surface area contributed by atoms with Crippen LogP contribution in [0.15, 0.2) is 48.5 Å². The van der Waals surface area contributed by atoms with Crippen LogP contribution in [0, 0.1) is 0 Å². The van der Waals surface area contributed by atoms with Crippen molar-refractivity contribution in [2.24, 2.45) is 0 Å². The third-order valence-corrected chi connectivity index (χ3v) is 3.41. The van der Waals surface area contributed by atoms with Crippen LogP contribution in [0.3, 0.4) is 0 Å². The molecule has 1 amide bonds. The smallest absolute Gasteiger partial charge is 0.422 e. The van der Waals surface area contributed by atoms with Crippen molar-refractivity contribution in [3.63, 3.8) is 0 Å². The van der Waals surface area contributed by atoms with Crippen LogP contribution in [0.5, 0.6) is 11.5 Å². The Kier molecular flexibility index (Phi) is 6.89. The van der Waals surface area contributed by atoms with Crippen LogP contribution in [0.2, 0.25) is 0 Å². The quantitative estimate of drug-likeness (QED) is 0.770. The Morgan fingerprint density at radius 2 is 1.46 bits per heavy atom. The highest BCUT2D eigenvalue weighted by Gasteiger charge is 2.28. The maximum atomic E-state index is 12.1. The molecule has 0 aliphatic heterocycles. The zero-order valence-electron chi connectivity index (χ0n) is 14.3. The molecule has 0 heterocycles. The minimum absolute atomic E-state index is 0.131. The number of hydrogen-bond acceptors (Lipinski definition) is 3. The van der Waals surface area contributed by atoms with E-state index in [-0.39, 0.29) is 24.6 Å². The van der Waals surface area contributed by atoms with Gasteiger partial charge >= 0.3 is 6.18 Å². The molecule has 0 unspecified atom stereocenters. The van der Waals surface area contributed by atoms with Gasteiger partial charge in [0.05, 0.1) is 13.0 Å². The second-order valence-corrected chi connectivity index (χ2v) is 5.58. The molecule has 0 aromatic heterocycles. The van der Waals surface area contributed by atoms with Gasteiger partial charge in [0.1, 0.15) is 11.5 Å². The van der Waals surface area contributed by atoms with Crippen molar-refractivity contribution >= 4 is 5.91 Å². The molecular weight excluding hydrogens is 347 g/mol. The molecule has 26 heavy (non-hydrogen) atoms. The molecule has 140 valence electrons. The molecule has 0 bridgehead atoms. The number of nitrogens with one attached hydrogen (secondary N) is 1. The molecule has 2 aromatic carbocycles. The van der Waals surface area contributed by atoms with Gasteiger partial charge in [0.2, 0.25) is 5.91 Å². The van der Waals surface area contributed by atoms with E-state index in [4.69, 9.17) is 4.74 Å². The van der Waals surface area contributed by atoms with E-state index < -0.39 is 12.8 Å². The molecular formula is C19H20F3NO3. The number of benzene rings is 2. The number of ether oxygens (including phenoxy) is 2. The number of carbonyl (C=O) groups is 1. The number of amides is 1. The Hall–Kier alpha value is -2.70. The fraction of sp³-hybridized carbons (Fsp3) is 0.316. The summed E-state index contributed by atoms with van der Waals surface area (Å²) in [5, 5.41) is 2.77. The molecule has 0 fully saturated rings. The summed E-state index contributed by atoms with van der Waals surface area (Å²) in [6.07, 6.45) is -4.13. The zero-order valence-corrected chi connectivity index (χ0v) is 14.3. The Labute approximate surface area is 149 Å². The Balaban J connectivity index is 1.78. The summed E-state index contributed by atoms with van der Waals surface area (Å²) in [7, 11) is 0. The third-order valence-electron chi connectivity index (χ3n) is 3.41. The molecule has 1 N–H and O–H groups in total. The summed E-state index contributed by atoms with van der Waals surface area (Å²) in [6.45, 7) is 1.44. The molecule has 0 saturated heterocycles. The zero-order chi connectivity index (χ0) is 19.0. The highest BCUT2D eigenvalue weighted by Crippen LogP contribution is 2.19. The Morgan fingerprint density at radius 3 is 2.00 bits per heavy atom. The van der Waals surface area contributed by atoms with E-state index in [2.05, 4.69) is 10.1 Å². The van der Waals surface area contributed by atoms with Crippen molar-refractivity contribution in [3.05, 3.63) is 59.7 Å². The predicted octanol–water partition coefficient (Wildman–Crippen LogP) is 3.89. The second kappa shape index (κ2) is 9.12. The van der Waals surface area contributed by atoms with E-state index in [1.54, 1.807) is 12.1 Å². The molecule has 7 heteroatoms. The summed E-state index contributed by atoms with van der Waals surface area (Å²) >= 11 is 0. The van der Waals surface area contributed by atoms with Gasteiger partial charge in [-0.15, -0.1) is 0 Å². The number of rotatable bonds is 8. The predicted molar refractivity (Wildman–Crippen MR) is 91.2 cm³/mol. The first kappa shape index (κ1) is 19.6. The minimum Gasteiger partial charge on any atom is -0.494 e. The summed E-state index contributed by atoms with van der Waals surface area (Å²) in [4.78, 5) is 12.0. The lowest BCUT2D eigenvalue weighted by atomic mass is 10.1. The van der Waals surface area contributed by atoms with Crippen LogP contribution in [0.25, 0.3) is 0 Å². The number of halogens is 3. The minimum atomic E-state index is -4.37. The lowest BCUT2D eigenvalue weighted by Gasteiger charge is -2.10. The van der Waals surface area contributed by atoms with Gasteiger partial charge in [-0.3, -0.25) is 4.79 Å². The summed E-state index contributed by atoms with van der Waals surface area (Å²) in [6, 6.07) is 13.4. The highest BCUT2D eigenvalue weighted by molar-refractivity contribution is 5.78. The van der Waals surface area contributed by atoms with Crippen LogP contribution in [0.1, 0.15) is 18.1 Å². The number of alkyl halides is 3. The maximum absolute atomic E-state index is 12.1. The van der Waals surface area contributed by atoms with Gasteiger partial charge in [-0.2, -0.15) is 13.2 Å². The number of hydrogen-bond donors (Lipinski definition) is 1. The van der Waals surface area contributed by atoms with Gasteiger partial charge in [-0.1, -0.05) is 24.3 Å². The normalized spacial score (nSPS) is 11.1. The Bertz CT molecular complexity index is 697. The molecule has 0 atom stereocenters. The lowest BCUT2D eigenvalue weighted by Crippen LogP contribution is -2.24. The SMILES string of the molecule is CCOc1ccc(CC(=O)NCc2ccc(OCC(F)(F)F)cc2)cc1. The second-order valence-electron chi connectivity index (χ2n) is 5.58. The van der Waals surface area contributed by atoms with Crippen molar-refractivity contribution in [2.45, 2.75) is 26.1 Å². The highest BCUT2D eigenvalue weighted by atomic mass is 19.4. The molecule has 0 aliphatic carbocycles. The molecule has 0 radical (unpaired) electrons. The van der Waals surface area contributed by atoms with Crippen molar-refractivity contribution in [1.29, 1.82) is 0 Å². The van der Waals surface area contributed by atoms with E-state index in [0.717, 1.165) is 16.9 Å². The summed E-state index contributed by atoms with van der Waals surface area (Å²) in [5.74, 6) is 0.739. The largest absolute Gasteiger partial charge is 0.494 e. The van der Waals surface area contributed by atoms with Crippen LogP contribution < -0.4 is 14.8 Å². The van der Waals surface area contributed by atoms with Crippen LogP contribution in [-0.4, -0.2) is 25.3 Å². The summed E-state index contributed by atoms with van der Waals surface area (Å²) < 4.78 is 46.2. The third kappa shape index (κ3) is 7.04. The monoisotopic (exact) mass is 367 g/mol. The molecule has 4 nitrogen and oxygen atoms in total. The molecule has 2 aromatic rings. The van der Waals surface area contributed by atoms with Crippen LogP contribution in [-0.2, 0) is 17.8 Å². The van der Waals surface area contributed by atoms with Crippen molar-refractivity contribution in [2.75, 3.05) is 13.2 Å². The van der Waals surface area contributed by atoms with Crippen LogP contribution >= 0.6 is 0 Å². The fourth-order valence-electron chi connectivity index (χ4n) is 2.19. The average Bonchev–Trinajstić information content (AvgIpc) is 2.60. The molecule has 0 spiro atoms. The first-order valence-corrected chi connectivity index (χ1v) is 8.12. The van der Waals surface area contributed by atoms with Gasteiger partial charge < -0.3 is 14.8 Å². The average molecular weight is 367 g/mol. The van der Waals surface area contributed by atoms with Gasteiger partial charge in [-0.25, -0.2) is 0 Å². The molecule has 2 rings (SSSR count). The molecule has 0 aliphatic rings. The van der Waals surface area contributed by atoms with Gasteiger partial charge in [0.15, 0.2) is 6.61 Å². The fourth-order valence-corrected chi connectivity index (χ4v) is 2.19. The van der Waals surface area contributed by atoms with E-state index in [1.165, 1.54) is 12.1 Å². The topological polar surface area (TPSA) is 47.6 Å². The van der Waals surface area contributed by atoms with E-state index in [0.29, 0.717) is 6.61 Å². The van der Waals surface area contributed by atoms with Gasteiger partial charge in [-0.05, 0) is 42.3 Å². The van der Waals surface area contributed by atoms with Crippen molar-refractivity contribution < 1.29 is 27.4 Å². The van der Waals surface area contributed by atoms with Gasteiger partial charge in [0, 0.05) is 6.54 Å². The molecule has 0 saturated carbocycles. The summed E-state index contributed by atoms with van der Waals surface area (Å²) in [5.41, 5.74) is 1.63. The van der Waals surface area contributed by atoms with Crippen LogP contribution in [0.4, 0.5) is 13.2 Å². The van der Waals surface area contributed by atoms with Gasteiger partial charge in [0.25, 0.3) is 0 Å². The van der Waals surface area contributed by atoms with E-state index in [9.17, 15) is 18.0 Å². The number of carbonyl (C=O) groups excluding carboxylic acids is 1. The first-order chi connectivity index (χ1) is 12.4. The lowest BCUT2D eigenvalue weighted by molar-refractivity contribution is -0.153. The first-order valence-electron chi connectivity index (χ1n) is 8.12. The maximum Gasteiger partial charge on any atom is 0.422 e. The van der Waals surface area contributed by atoms with Crippen molar-refractivity contribution in [1.82, 2.24) is 5.32 Å². The van der Waals surface area contributed by atoms with E-state index >= 15 is 0 Å². The standard InChI is InChI=1S/C19H20F3NO3/c1-2-25-16-7-3-14(4-8-16)11-18(24)23-12-15-5-9-17(10-6-15)26-13-19(20,21)22/h3-10H,2,11-13H2,1H3,(H,23,24). The Morgan fingerprint density at radius 1 is 0.923 bits per heavy atom. The van der Waals surface area contributed by atoms with E-state index in [1.807, 2.05) is 31.2 Å². The van der Waals surface area contributed by atoms with Crippen molar-refractivity contribution in [3.8, 4) is 11.5 Å².